The first-order chi connectivity index (χ1) is 17.3. The van der Waals surface area contributed by atoms with Gasteiger partial charge in [-0.05, 0) is 62.2 Å². The summed E-state index contributed by atoms with van der Waals surface area (Å²) >= 11 is 6.07. The number of fused-ring (bicyclic) bond motifs is 3. The lowest BCUT2D eigenvalue weighted by molar-refractivity contribution is -0.120. The van der Waals surface area contributed by atoms with Crippen LogP contribution in [0.5, 0.6) is 5.75 Å². The fourth-order valence-corrected chi connectivity index (χ4v) is 7.02. The number of piperidine rings is 1. The van der Waals surface area contributed by atoms with Crippen molar-refractivity contribution in [2.75, 3.05) is 25.5 Å². The van der Waals surface area contributed by atoms with E-state index < -0.39 is 15.9 Å². The number of hydrogen-bond donors (Lipinski definition) is 1. The minimum Gasteiger partial charge on any atom is -0.495 e. The lowest BCUT2D eigenvalue weighted by atomic mass is 9.98. The third-order valence-electron chi connectivity index (χ3n) is 6.85. The Morgan fingerprint density at radius 2 is 1.86 bits per heavy atom. The zero-order valence-corrected chi connectivity index (χ0v) is 21.8. The van der Waals surface area contributed by atoms with Crippen LogP contribution in [0.3, 0.4) is 0 Å². The summed E-state index contributed by atoms with van der Waals surface area (Å²) in [4.78, 5) is 13.2. The molecule has 0 spiro atoms. The highest BCUT2D eigenvalue weighted by atomic mass is 35.5. The van der Waals surface area contributed by atoms with E-state index in [0.717, 1.165) is 28.4 Å². The third kappa shape index (κ3) is 4.34. The van der Waals surface area contributed by atoms with E-state index in [2.05, 4.69) is 28.9 Å². The van der Waals surface area contributed by atoms with Crippen LogP contribution in [0.25, 0.3) is 21.8 Å². The van der Waals surface area contributed by atoms with Crippen molar-refractivity contribution in [3.05, 3.63) is 65.7 Å². The number of aryl methyl sites for hydroxylation is 1. The smallest absolute Gasteiger partial charge is 0.246 e. The summed E-state index contributed by atoms with van der Waals surface area (Å²) in [5.41, 5.74) is 2.97. The molecule has 1 aliphatic rings. The number of nitrogens with one attached hydrogen (secondary N) is 1. The van der Waals surface area contributed by atoms with E-state index in [1.54, 1.807) is 6.07 Å². The second-order valence-corrected chi connectivity index (χ2v) is 11.3. The standard InChI is InChI=1S/C27H28ClN3O4S/c1-3-31-23-9-5-4-8-21(23)22-16-20(11-12-24(22)31)29-27(32)18-7-6-14-30(17-18)36(33,34)26-15-19(28)10-13-25(26)35-2/h4-5,8-13,15-16,18H,3,6-7,14,17H2,1-2H3,(H,29,32)/t18-/m0/s1. The minimum absolute atomic E-state index is 0.0105. The molecule has 3 aromatic carbocycles. The van der Waals surface area contributed by atoms with Gasteiger partial charge in [-0.15, -0.1) is 0 Å². The average Bonchev–Trinajstić information content (AvgIpc) is 3.21. The van der Waals surface area contributed by atoms with E-state index in [9.17, 15) is 13.2 Å². The van der Waals surface area contributed by atoms with Crippen LogP contribution in [0.1, 0.15) is 19.8 Å². The van der Waals surface area contributed by atoms with Crippen LogP contribution < -0.4 is 10.1 Å². The number of methoxy groups -OCH3 is 1. The Kier molecular flexibility index (Phi) is 6.68. The largest absolute Gasteiger partial charge is 0.495 e. The number of hydrogen-bond acceptors (Lipinski definition) is 4. The first-order valence-corrected chi connectivity index (χ1v) is 13.8. The molecule has 1 N–H and O–H groups in total. The van der Waals surface area contributed by atoms with Crippen LogP contribution in [0, 0.1) is 5.92 Å². The number of nitrogens with zero attached hydrogens (tertiary/aromatic N) is 2. The number of anilines is 1. The second kappa shape index (κ2) is 9.76. The predicted octanol–water partition coefficient (Wildman–Crippen LogP) is 5.52. The van der Waals surface area contributed by atoms with Gasteiger partial charge in [0.25, 0.3) is 0 Å². The summed E-state index contributed by atoms with van der Waals surface area (Å²) in [5, 5.41) is 5.54. The number of carbonyl (C=O) groups is 1. The Bertz CT molecular complexity index is 1560. The molecule has 1 saturated heterocycles. The summed E-state index contributed by atoms with van der Waals surface area (Å²) in [6.07, 6.45) is 1.20. The molecule has 1 aliphatic heterocycles. The Balaban J connectivity index is 1.38. The van der Waals surface area contributed by atoms with Gasteiger partial charge in [0.15, 0.2) is 0 Å². The van der Waals surface area contributed by atoms with E-state index in [1.807, 2.05) is 30.3 Å². The van der Waals surface area contributed by atoms with Gasteiger partial charge >= 0.3 is 0 Å². The SMILES string of the molecule is CCn1c2ccccc2c2cc(NC(=O)[C@H]3CCCN(S(=O)(=O)c4cc(Cl)ccc4OC)C3)ccc21. The molecule has 9 heteroatoms. The molecule has 4 aromatic rings. The molecule has 1 atom stereocenters. The van der Waals surface area contributed by atoms with Crippen molar-refractivity contribution in [2.45, 2.75) is 31.2 Å². The van der Waals surface area contributed by atoms with Crippen LogP contribution in [0.15, 0.2) is 65.6 Å². The van der Waals surface area contributed by atoms with E-state index >= 15 is 0 Å². The van der Waals surface area contributed by atoms with Crippen molar-refractivity contribution < 1.29 is 17.9 Å². The fraction of sp³-hybridized carbons (Fsp3) is 0.296. The lowest BCUT2D eigenvalue weighted by Gasteiger charge is -2.31. The third-order valence-corrected chi connectivity index (χ3v) is 8.98. The molecule has 188 valence electrons. The molecule has 1 fully saturated rings. The molecule has 0 saturated carbocycles. The molecule has 0 radical (unpaired) electrons. The van der Waals surface area contributed by atoms with Gasteiger partial charge in [0.2, 0.25) is 15.9 Å². The first kappa shape index (κ1) is 24.6. The van der Waals surface area contributed by atoms with Gasteiger partial charge in [0.05, 0.1) is 13.0 Å². The van der Waals surface area contributed by atoms with Crippen LogP contribution >= 0.6 is 11.6 Å². The summed E-state index contributed by atoms with van der Waals surface area (Å²) < 4.78 is 35.7. The normalized spacial score (nSPS) is 16.9. The summed E-state index contributed by atoms with van der Waals surface area (Å²) in [5.74, 6) is -0.427. The van der Waals surface area contributed by atoms with E-state index in [4.69, 9.17) is 16.3 Å². The van der Waals surface area contributed by atoms with Gasteiger partial charge in [0.1, 0.15) is 10.6 Å². The van der Waals surface area contributed by atoms with Crippen LogP contribution in [0.2, 0.25) is 5.02 Å². The van der Waals surface area contributed by atoms with Crippen molar-refractivity contribution in [2.24, 2.45) is 5.92 Å². The molecular weight excluding hydrogens is 498 g/mol. The number of sulfonamides is 1. The Labute approximate surface area is 215 Å². The summed E-state index contributed by atoms with van der Waals surface area (Å²) in [7, 11) is -2.46. The van der Waals surface area contributed by atoms with Crippen molar-refractivity contribution in [1.82, 2.24) is 8.87 Å². The van der Waals surface area contributed by atoms with Crippen LogP contribution in [0.4, 0.5) is 5.69 Å². The molecule has 2 heterocycles. The van der Waals surface area contributed by atoms with Gasteiger partial charge in [-0.25, -0.2) is 8.42 Å². The van der Waals surface area contributed by atoms with Crippen molar-refractivity contribution in [3.63, 3.8) is 0 Å². The van der Waals surface area contributed by atoms with Crippen molar-refractivity contribution >= 4 is 55.0 Å². The molecule has 0 bridgehead atoms. The topological polar surface area (TPSA) is 80.6 Å². The lowest BCUT2D eigenvalue weighted by Crippen LogP contribution is -2.43. The molecule has 7 nitrogen and oxygen atoms in total. The van der Waals surface area contributed by atoms with Gasteiger partial charge < -0.3 is 14.6 Å². The summed E-state index contributed by atoms with van der Waals surface area (Å²) in [6.45, 7) is 3.40. The number of ether oxygens (including phenoxy) is 1. The molecule has 1 aromatic heterocycles. The minimum atomic E-state index is -3.88. The van der Waals surface area contributed by atoms with Crippen molar-refractivity contribution in [3.8, 4) is 5.75 Å². The molecule has 0 aliphatic carbocycles. The molecule has 1 amide bonds. The zero-order chi connectivity index (χ0) is 25.4. The molecule has 0 unspecified atom stereocenters. The van der Waals surface area contributed by atoms with Crippen LogP contribution in [-0.2, 0) is 21.4 Å². The van der Waals surface area contributed by atoms with Crippen molar-refractivity contribution in [1.29, 1.82) is 0 Å². The highest BCUT2D eigenvalue weighted by Gasteiger charge is 2.35. The van der Waals surface area contributed by atoms with E-state index in [-0.39, 0.29) is 23.1 Å². The highest BCUT2D eigenvalue weighted by molar-refractivity contribution is 7.89. The maximum Gasteiger partial charge on any atom is 0.246 e. The van der Waals surface area contributed by atoms with Crippen LogP contribution in [-0.4, -0.2) is 43.4 Å². The Hall–Kier alpha value is -3.07. The Morgan fingerprint density at radius 1 is 1.08 bits per heavy atom. The van der Waals surface area contributed by atoms with Gasteiger partial charge in [-0.1, -0.05) is 29.8 Å². The molecular formula is C27H28ClN3O4S. The fourth-order valence-electron chi connectivity index (χ4n) is 5.08. The number of para-hydroxylation sites is 1. The predicted molar refractivity (Wildman–Crippen MR) is 143 cm³/mol. The quantitative estimate of drug-likeness (QED) is 0.359. The number of amides is 1. The number of carbonyl (C=O) groups excluding carboxylic acids is 1. The number of halogens is 1. The monoisotopic (exact) mass is 525 g/mol. The molecule has 36 heavy (non-hydrogen) atoms. The van der Waals surface area contributed by atoms with E-state index in [0.29, 0.717) is 30.1 Å². The summed E-state index contributed by atoms with van der Waals surface area (Å²) in [6, 6.07) is 18.7. The average molecular weight is 526 g/mol. The van der Waals surface area contributed by atoms with E-state index in [1.165, 1.54) is 23.5 Å². The molecule has 5 rings (SSSR count). The van der Waals surface area contributed by atoms with Gasteiger partial charge in [-0.2, -0.15) is 4.31 Å². The number of benzene rings is 3. The highest BCUT2D eigenvalue weighted by Crippen LogP contribution is 2.33. The first-order valence-electron chi connectivity index (χ1n) is 12.0. The maximum atomic E-state index is 13.4. The second-order valence-electron chi connectivity index (χ2n) is 8.98. The number of rotatable bonds is 6. The maximum absolute atomic E-state index is 13.4. The van der Waals surface area contributed by atoms with Gasteiger partial charge in [0, 0.05) is 52.2 Å². The Morgan fingerprint density at radius 3 is 2.64 bits per heavy atom. The zero-order valence-electron chi connectivity index (χ0n) is 20.2. The van der Waals surface area contributed by atoms with Gasteiger partial charge in [-0.3, -0.25) is 4.79 Å². The number of aromatic nitrogens is 1.